The summed E-state index contributed by atoms with van der Waals surface area (Å²) in [5.41, 5.74) is -0.155. The first-order valence-corrected chi connectivity index (χ1v) is 13.1. The van der Waals surface area contributed by atoms with Crippen LogP contribution in [0.2, 0.25) is 0 Å². The molecule has 0 spiro atoms. The predicted octanol–water partition coefficient (Wildman–Crippen LogP) is 6.43. The molecule has 2 amide bonds. The lowest BCUT2D eigenvalue weighted by molar-refractivity contribution is -0.137. The number of carbonyl (C=O) groups excluding carboxylic acids is 2. The first-order valence-electron chi connectivity index (χ1n) is 13.1. The van der Waals surface area contributed by atoms with Crippen LogP contribution in [0.4, 0.5) is 24.5 Å². The maximum atomic E-state index is 13.9. The van der Waals surface area contributed by atoms with Crippen LogP contribution >= 0.6 is 0 Å². The van der Waals surface area contributed by atoms with Crippen LogP contribution in [-0.4, -0.2) is 40.3 Å². The molecule has 0 saturated heterocycles. The van der Waals surface area contributed by atoms with Gasteiger partial charge in [-0.1, -0.05) is 30.4 Å². The van der Waals surface area contributed by atoms with E-state index in [9.17, 15) is 22.8 Å². The minimum Gasteiger partial charge on any atom is -0.497 e. The van der Waals surface area contributed by atoms with Crippen LogP contribution in [0.1, 0.15) is 17.5 Å². The molecule has 4 rings (SSSR count). The molecule has 11 heteroatoms. The minimum atomic E-state index is -4.48. The molecule has 0 heterocycles. The second-order valence-electron chi connectivity index (χ2n) is 9.78. The van der Waals surface area contributed by atoms with Gasteiger partial charge in [-0.15, -0.1) is 0 Å². The molecule has 3 aromatic carbocycles. The van der Waals surface area contributed by atoms with Gasteiger partial charge in [-0.25, -0.2) is 0 Å². The molecule has 1 aliphatic rings. The standard InChI is InChI=1S/C32H31F3N2O6/c1-40-25-11-5-20(6-12-25)19-31(30(39)37-24-17-26(41-2)28(43-4)27(18-24)42-3)15-13-21(14-16-31)29(38)36-23-9-7-22(8-10-23)32(33,34)35/h5-15,17-18H,16,19H2,1-4H3,(H,36,38)(H,37,39). The van der Waals surface area contributed by atoms with Gasteiger partial charge in [-0.2, -0.15) is 13.2 Å². The second-order valence-corrected chi connectivity index (χ2v) is 9.78. The van der Waals surface area contributed by atoms with Crippen molar-refractivity contribution in [1.82, 2.24) is 0 Å². The van der Waals surface area contributed by atoms with Crippen LogP contribution in [0.25, 0.3) is 0 Å². The summed E-state index contributed by atoms with van der Waals surface area (Å²) in [6.07, 6.45) is 0.841. The Morgan fingerprint density at radius 2 is 1.44 bits per heavy atom. The van der Waals surface area contributed by atoms with Crippen molar-refractivity contribution in [2.75, 3.05) is 39.1 Å². The number of halogens is 3. The van der Waals surface area contributed by atoms with Crippen molar-refractivity contribution >= 4 is 23.2 Å². The minimum absolute atomic E-state index is 0.168. The van der Waals surface area contributed by atoms with Crippen LogP contribution < -0.4 is 29.6 Å². The van der Waals surface area contributed by atoms with Crippen molar-refractivity contribution in [3.05, 3.63) is 95.6 Å². The lowest BCUT2D eigenvalue weighted by Gasteiger charge is -2.31. The van der Waals surface area contributed by atoms with E-state index >= 15 is 0 Å². The van der Waals surface area contributed by atoms with Gasteiger partial charge in [0.15, 0.2) is 11.5 Å². The van der Waals surface area contributed by atoms with Crippen LogP contribution in [0.5, 0.6) is 23.0 Å². The number of anilines is 2. The van der Waals surface area contributed by atoms with Crippen LogP contribution in [-0.2, 0) is 22.2 Å². The largest absolute Gasteiger partial charge is 0.497 e. The van der Waals surface area contributed by atoms with Crippen molar-refractivity contribution in [2.45, 2.75) is 19.0 Å². The average Bonchev–Trinajstić information content (AvgIpc) is 3.01. The molecule has 0 aromatic heterocycles. The molecule has 0 bridgehead atoms. The fourth-order valence-electron chi connectivity index (χ4n) is 4.69. The maximum Gasteiger partial charge on any atom is 0.416 e. The van der Waals surface area contributed by atoms with Crippen molar-refractivity contribution in [1.29, 1.82) is 0 Å². The number of rotatable bonds is 10. The summed E-state index contributed by atoms with van der Waals surface area (Å²) in [6, 6.07) is 14.7. The maximum absolute atomic E-state index is 13.9. The smallest absolute Gasteiger partial charge is 0.416 e. The Labute approximate surface area is 247 Å². The summed E-state index contributed by atoms with van der Waals surface area (Å²) in [4.78, 5) is 26.9. The summed E-state index contributed by atoms with van der Waals surface area (Å²) in [5.74, 6) is 0.915. The number of hydrogen-bond acceptors (Lipinski definition) is 6. The van der Waals surface area contributed by atoms with Gasteiger partial charge in [-0.05, 0) is 54.8 Å². The first kappa shape index (κ1) is 31.0. The molecule has 1 atom stereocenters. The number of methoxy groups -OCH3 is 4. The van der Waals surface area contributed by atoms with E-state index in [0.717, 1.165) is 17.7 Å². The molecule has 226 valence electrons. The van der Waals surface area contributed by atoms with Crippen molar-refractivity contribution in [3.63, 3.8) is 0 Å². The number of nitrogens with one attached hydrogen (secondary N) is 2. The topological polar surface area (TPSA) is 95.1 Å². The van der Waals surface area contributed by atoms with Crippen molar-refractivity contribution < 1.29 is 41.7 Å². The third-order valence-electron chi connectivity index (χ3n) is 7.05. The normalized spacial score (nSPS) is 16.1. The highest BCUT2D eigenvalue weighted by atomic mass is 19.4. The fraction of sp³-hybridized carbons (Fsp3) is 0.250. The van der Waals surface area contributed by atoms with E-state index < -0.39 is 23.1 Å². The monoisotopic (exact) mass is 596 g/mol. The van der Waals surface area contributed by atoms with Crippen LogP contribution in [0.15, 0.2) is 84.5 Å². The Morgan fingerprint density at radius 1 is 0.814 bits per heavy atom. The van der Waals surface area contributed by atoms with Crippen molar-refractivity contribution in [2.24, 2.45) is 5.41 Å². The highest BCUT2D eigenvalue weighted by Crippen LogP contribution is 2.41. The summed E-state index contributed by atoms with van der Waals surface area (Å²) in [6.45, 7) is 0. The summed E-state index contributed by atoms with van der Waals surface area (Å²) in [7, 11) is 5.99. The van der Waals surface area contributed by atoms with Gasteiger partial charge in [0, 0.05) is 29.1 Å². The quantitative estimate of drug-likeness (QED) is 0.280. The SMILES string of the molecule is COc1ccc(CC2(C(=O)Nc3cc(OC)c(OC)c(OC)c3)C=CC(C(=O)Nc3ccc(C(F)(F)F)cc3)=CC2)cc1. The van der Waals surface area contributed by atoms with E-state index in [2.05, 4.69) is 10.6 Å². The molecular formula is C32H31F3N2O6. The third kappa shape index (κ3) is 7.11. The van der Waals surface area contributed by atoms with Gasteiger partial charge < -0.3 is 29.6 Å². The number of allylic oxidation sites excluding steroid dienone is 1. The zero-order valence-electron chi connectivity index (χ0n) is 24.0. The molecule has 1 unspecified atom stereocenters. The van der Waals surface area contributed by atoms with E-state index in [1.807, 2.05) is 12.1 Å². The van der Waals surface area contributed by atoms with E-state index in [4.69, 9.17) is 18.9 Å². The van der Waals surface area contributed by atoms with Gasteiger partial charge >= 0.3 is 6.18 Å². The number of hydrogen-bond donors (Lipinski definition) is 2. The van der Waals surface area contributed by atoms with E-state index in [-0.39, 0.29) is 23.6 Å². The molecule has 0 radical (unpaired) electrons. The molecule has 0 fully saturated rings. The van der Waals surface area contributed by atoms with Crippen LogP contribution in [0, 0.1) is 5.41 Å². The highest BCUT2D eigenvalue weighted by Gasteiger charge is 2.38. The second kappa shape index (κ2) is 12.9. The molecular weight excluding hydrogens is 565 g/mol. The predicted molar refractivity (Wildman–Crippen MR) is 156 cm³/mol. The third-order valence-corrected chi connectivity index (χ3v) is 7.05. The Bertz CT molecular complexity index is 1510. The van der Waals surface area contributed by atoms with Gasteiger partial charge in [0.1, 0.15) is 5.75 Å². The molecule has 0 aliphatic heterocycles. The Kier molecular flexibility index (Phi) is 9.33. The van der Waals surface area contributed by atoms with E-state index in [1.165, 1.54) is 33.5 Å². The molecule has 1 aliphatic carbocycles. The number of alkyl halides is 3. The number of amides is 2. The lowest BCUT2D eigenvalue weighted by Crippen LogP contribution is -2.38. The first-order chi connectivity index (χ1) is 20.5. The number of benzene rings is 3. The molecule has 43 heavy (non-hydrogen) atoms. The van der Waals surface area contributed by atoms with E-state index in [1.54, 1.807) is 49.6 Å². The summed E-state index contributed by atoms with van der Waals surface area (Å²) >= 11 is 0. The number of ether oxygens (including phenoxy) is 4. The van der Waals surface area contributed by atoms with Crippen molar-refractivity contribution in [3.8, 4) is 23.0 Å². The van der Waals surface area contributed by atoms with Gasteiger partial charge in [0.2, 0.25) is 11.7 Å². The average molecular weight is 597 g/mol. The number of carbonyl (C=O) groups is 2. The van der Waals surface area contributed by atoms with Gasteiger partial charge in [0.05, 0.1) is 39.4 Å². The fourth-order valence-corrected chi connectivity index (χ4v) is 4.69. The zero-order valence-corrected chi connectivity index (χ0v) is 24.0. The lowest BCUT2D eigenvalue weighted by atomic mass is 9.74. The van der Waals surface area contributed by atoms with Gasteiger partial charge in [-0.3, -0.25) is 9.59 Å². The Hall–Kier alpha value is -4.93. The summed E-state index contributed by atoms with van der Waals surface area (Å²) in [5, 5.41) is 5.55. The Balaban J connectivity index is 1.59. The summed E-state index contributed by atoms with van der Waals surface area (Å²) < 4.78 is 60.1. The Morgan fingerprint density at radius 3 is 1.93 bits per heavy atom. The molecule has 3 aromatic rings. The highest BCUT2D eigenvalue weighted by molar-refractivity contribution is 6.07. The zero-order chi connectivity index (χ0) is 31.2. The molecule has 0 saturated carbocycles. The molecule has 2 N–H and O–H groups in total. The van der Waals surface area contributed by atoms with E-state index in [0.29, 0.717) is 35.1 Å². The van der Waals surface area contributed by atoms with Crippen LogP contribution in [0.3, 0.4) is 0 Å². The molecule has 8 nitrogen and oxygen atoms in total. The van der Waals surface area contributed by atoms with Gasteiger partial charge in [0.25, 0.3) is 5.91 Å².